The molecule has 26 heavy (non-hydrogen) atoms. The summed E-state index contributed by atoms with van der Waals surface area (Å²) in [4.78, 5) is 23.9. The second kappa shape index (κ2) is 10.6. The second-order valence-corrected chi connectivity index (χ2v) is 5.44. The fourth-order valence-electron chi connectivity index (χ4n) is 2.40. The first kappa shape index (κ1) is 20.8. The standard InChI is InChI=1S/C15H12N3O2.C5H5.Fe/c19-14(11-5-1-2-6-11)9-10-15(20)18-13-8-4-3-7-12(13)16-17-18;1-2-4-5-3-1;/h1-8H,9-10H2;1-5H;/q;;+3. The Morgan fingerprint density at radius 3 is 2.12 bits per heavy atom. The minimum Gasteiger partial charge on any atom is -0.299 e. The molecule has 5 nitrogen and oxygen atoms in total. The summed E-state index contributed by atoms with van der Waals surface area (Å²) < 4.78 is 1.26. The van der Waals surface area contributed by atoms with Gasteiger partial charge in [0.15, 0.2) is 0 Å². The molecule has 1 aromatic carbocycles. The number of ketones is 1. The maximum atomic E-state index is 12.1. The van der Waals surface area contributed by atoms with E-state index >= 15 is 0 Å². The molecule has 0 amide bonds. The molecule has 2 aromatic rings. The minimum absolute atomic E-state index is 0. The zero-order chi connectivity index (χ0) is 17.5. The average molecular weight is 387 g/mol. The molecule has 2 aliphatic carbocycles. The molecule has 0 aliphatic heterocycles. The van der Waals surface area contributed by atoms with Gasteiger partial charge in [0, 0.05) is 18.8 Å². The van der Waals surface area contributed by atoms with Crippen molar-refractivity contribution in [3.63, 3.8) is 0 Å². The number of carbonyl (C=O) groups excluding carboxylic acids is 2. The van der Waals surface area contributed by atoms with Crippen molar-refractivity contribution in [3.05, 3.63) is 88.0 Å². The molecule has 2 aliphatic rings. The number of hydrogen-bond donors (Lipinski definition) is 0. The van der Waals surface area contributed by atoms with E-state index < -0.39 is 0 Å². The average Bonchev–Trinajstić information content (AvgIpc) is 3.42. The maximum Gasteiger partial charge on any atom is 3.00 e. The molecule has 0 unspecified atom stereocenters. The molecule has 1 aromatic heterocycles. The van der Waals surface area contributed by atoms with Crippen molar-refractivity contribution in [2.45, 2.75) is 12.8 Å². The van der Waals surface area contributed by atoms with Crippen LogP contribution in [0.1, 0.15) is 17.6 Å². The van der Waals surface area contributed by atoms with Gasteiger partial charge in [0.05, 0.1) is 5.52 Å². The minimum atomic E-state index is -0.224. The van der Waals surface area contributed by atoms with Crippen LogP contribution in [0.3, 0.4) is 0 Å². The molecule has 2 fully saturated rings. The van der Waals surface area contributed by atoms with Gasteiger partial charge < -0.3 is 0 Å². The van der Waals surface area contributed by atoms with Gasteiger partial charge in [-0.1, -0.05) is 17.3 Å². The summed E-state index contributed by atoms with van der Waals surface area (Å²) in [6.07, 6.45) is 17.4. The predicted molar refractivity (Wildman–Crippen MR) is 94.3 cm³/mol. The molecule has 0 spiro atoms. The summed E-state index contributed by atoms with van der Waals surface area (Å²) in [5.41, 5.74) is 1.33. The Morgan fingerprint density at radius 1 is 0.846 bits per heavy atom. The van der Waals surface area contributed by atoms with Crippen molar-refractivity contribution >= 4 is 22.7 Å². The normalized spacial score (nSPS) is 16.8. The van der Waals surface area contributed by atoms with Crippen LogP contribution in [-0.4, -0.2) is 26.7 Å². The van der Waals surface area contributed by atoms with Crippen molar-refractivity contribution in [1.29, 1.82) is 0 Å². The van der Waals surface area contributed by atoms with E-state index in [-0.39, 0.29) is 41.6 Å². The molecule has 6 heteroatoms. The Kier molecular flexibility index (Phi) is 8.46. The third kappa shape index (κ3) is 5.49. The van der Waals surface area contributed by atoms with Crippen molar-refractivity contribution in [1.82, 2.24) is 15.0 Å². The van der Waals surface area contributed by atoms with E-state index in [1.54, 1.807) is 37.8 Å². The number of fused-ring (bicyclic) bond motifs is 1. The Morgan fingerprint density at radius 2 is 1.46 bits per heavy atom. The van der Waals surface area contributed by atoms with E-state index in [1.807, 2.05) is 44.2 Å². The molecular weight excluding hydrogens is 370 g/mol. The fourth-order valence-corrected chi connectivity index (χ4v) is 2.40. The van der Waals surface area contributed by atoms with Crippen LogP contribution in [0.2, 0.25) is 0 Å². The first-order valence-corrected chi connectivity index (χ1v) is 8.01. The quantitative estimate of drug-likeness (QED) is 0.757. The predicted octanol–water partition coefficient (Wildman–Crippen LogP) is 2.85. The van der Waals surface area contributed by atoms with Gasteiger partial charge in [-0.25, -0.2) is 0 Å². The maximum absolute atomic E-state index is 12.1. The van der Waals surface area contributed by atoms with Crippen LogP contribution in [0.25, 0.3) is 11.0 Å². The molecule has 129 valence electrons. The number of Topliss-reactive ketones (excluding diaryl/α,β-unsaturated/α-hetero) is 1. The van der Waals surface area contributed by atoms with E-state index in [9.17, 15) is 9.59 Å². The van der Waals surface area contributed by atoms with Crippen LogP contribution >= 0.6 is 0 Å². The third-order valence-electron chi connectivity index (χ3n) is 3.69. The van der Waals surface area contributed by atoms with Crippen LogP contribution in [0.4, 0.5) is 0 Å². The molecule has 0 atom stereocenters. The summed E-state index contributed by atoms with van der Waals surface area (Å²) in [5, 5.41) is 7.77. The number of rotatable bonds is 4. The van der Waals surface area contributed by atoms with Crippen LogP contribution in [0.5, 0.6) is 0 Å². The van der Waals surface area contributed by atoms with Gasteiger partial charge in [0.25, 0.3) is 0 Å². The Labute approximate surface area is 165 Å². The van der Waals surface area contributed by atoms with Crippen LogP contribution < -0.4 is 0 Å². The summed E-state index contributed by atoms with van der Waals surface area (Å²) in [6.45, 7) is 0. The molecule has 1 heterocycles. The molecule has 11 radical (unpaired) electrons. The summed E-state index contributed by atoms with van der Waals surface area (Å²) in [6, 6.07) is 7.24. The van der Waals surface area contributed by atoms with Crippen LogP contribution in [-0.2, 0) is 21.9 Å². The van der Waals surface area contributed by atoms with Crippen molar-refractivity contribution < 1.29 is 26.7 Å². The van der Waals surface area contributed by atoms with Gasteiger partial charge >= 0.3 is 17.1 Å². The largest absolute Gasteiger partial charge is 3.00 e. The van der Waals surface area contributed by atoms with E-state index in [1.165, 1.54) is 4.68 Å². The van der Waals surface area contributed by atoms with Crippen molar-refractivity contribution in [3.8, 4) is 0 Å². The summed E-state index contributed by atoms with van der Waals surface area (Å²) in [5.74, 6) is 0.382. The molecule has 0 N–H and O–H groups in total. The van der Waals surface area contributed by atoms with Crippen LogP contribution in [0, 0.1) is 63.7 Å². The van der Waals surface area contributed by atoms with E-state index in [0.29, 0.717) is 17.0 Å². The first-order valence-electron chi connectivity index (χ1n) is 8.01. The van der Waals surface area contributed by atoms with Crippen molar-refractivity contribution in [2.75, 3.05) is 0 Å². The van der Waals surface area contributed by atoms with E-state index in [0.717, 1.165) is 0 Å². The van der Waals surface area contributed by atoms with Gasteiger partial charge in [-0.15, -0.1) is 5.10 Å². The Balaban J connectivity index is 0.000000351. The number of hydrogen-bond acceptors (Lipinski definition) is 4. The fraction of sp³-hybridized carbons (Fsp3) is 0.100. The van der Waals surface area contributed by atoms with E-state index in [4.69, 9.17) is 0 Å². The number of para-hydroxylation sites is 1. The van der Waals surface area contributed by atoms with Gasteiger partial charge in [-0.3, -0.25) is 9.59 Å². The monoisotopic (exact) mass is 387 g/mol. The van der Waals surface area contributed by atoms with Gasteiger partial charge in [0.1, 0.15) is 11.3 Å². The van der Waals surface area contributed by atoms with Crippen molar-refractivity contribution in [2.24, 2.45) is 0 Å². The van der Waals surface area contributed by atoms with Gasteiger partial charge in [-0.2, -0.15) is 4.68 Å². The molecule has 0 bridgehead atoms. The number of nitrogens with zero attached hydrogens (tertiary/aromatic N) is 3. The Bertz CT molecular complexity index is 711. The number of aromatic nitrogens is 3. The van der Waals surface area contributed by atoms with E-state index in [2.05, 4.69) is 10.3 Å². The number of carbonyl (C=O) groups is 2. The SMILES string of the molecule is O=C(CCC(=O)n1nnc2ccccc21)[C]1[CH][CH][CH][CH]1.[CH]1[CH][CH][CH][CH]1.[Fe+3]. The zero-order valence-electron chi connectivity index (χ0n) is 13.9. The zero-order valence-corrected chi connectivity index (χ0v) is 15.0. The molecule has 0 saturated heterocycles. The topological polar surface area (TPSA) is 64.8 Å². The Hall–Kier alpha value is -1.52. The first-order chi connectivity index (χ1) is 12.3. The molecule has 2 saturated carbocycles. The van der Waals surface area contributed by atoms with Gasteiger partial charge in [-0.05, 0) is 69.9 Å². The third-order valence-corrected chi connectivity index (χ3v) is 3.69. The number of benzene rings is 1. The molecule has 4 rings (SSSR count). The molecular formula is C20H17FeN3O2+3. The summed E-state index contributed by atoms with van der Waals surface area (Å²) in [7, 11) is 0. The summed E-state index contributed by atoms with van der Waals surface area (Å²) >= 11 is 0. The van der Waals surface area contributed by atoms with Gasteiger partial charge in [0.2, 0.25) is 5.91 Å². The second-order valence-electron chi connectivity index (χ2n) is 5.44. The smallest absolute Gasteiger partial charge is 0.299 e. The van der Waals surface area contributed by atoms with Crippen LogP contribution in [0.15, 0.2) is 24.3 Å².